The number of hydrogen-bond acceptors (Lipinski definition) is 5. The summed E-state index contributed by atoms with van der Waals surface area (Å²) >= 11 is 1.53. The van der Waals surface area contributed by atoms with Crippen LogP contribution in [0.2, 0.25) is 0 Å². The second-order valence-corrected chi connectivity index (χ2v) is 7.43. The molecule has 2 heterocycles. The van der Waals surface area contributed by atoms with E-state index in [1.54, 1.807) is 25.1 Å². The van der Waals surface area contributed by atoms with E-state index in [2.05, 4.69) is 5.16 Å². The molecule has 0 aliphatic carbocycles. The number of nitrogens with two attached hydrogens (primary N) is 1. The van der Waals surface area contributed by atoms with Gasteiger partial charge in [-0.05, 0) is 36.9 Å². The number of aromatic nitrogens is 1. The van der Waals surface area contributed by atoms with Crippen LogP contribution in [0.3, 0.4) is 0 Å². The molecule has 114 valence electrons. The van der Waals surface area contributed by atoms with Crippen LogP contribution in [0.5, 0.6) is 0 Å². The number of nitrogens with zero attached hydrogens (tertiary/aromatic N) is 1. The van der Waals surface area contributed by atoms with Crippen molar-refractivity contribution in [2.75, 3.05) is 0 Å². The summed E-state index contributed by atoms with van der Waals surface area (Å²) in [7, 11) is -3.84. The maximum absolute atomic E-state index is 11.8. The largest absolute Gasteiger partial charge is 0.360 e. The first-order valence-corrected chi connectivity index (χ1v) is 8.94. The smallest absolute Gasteiger partial charge is 0.238 e. The third kappa shape index (κ3) is 2.58. The quantitative estimate of drug-likeness (QED) is 0.796. The van der Waals surface area contributed by atoms with E-state index in [0.29, 0.717) is 22.6 Å². The molecule has 0 saturated carbocycles. The molecule has 0 bridgehead atoms. The highest BCUT2D eigenvalue weighted by Crippen LogP contribution is 2.39. The predicted molar refractivity (Wildman–Crippen MR) is 86.1 cm³/mol. The van der Waals surface area contributed by atoms with Gasteiger partial charge in [0.2, 0.25) is 10.0 Å². The first-order valence-electron chi connectivity index (χ1n) is 6.52. The van der Waals surface area contributed by atoms with E-state index in [-0.39, 0.29) is 4.90 Å². The summed E-state index contributed by atoms with van der Waals surface area (Å²) < 4.78 is 29.0. The average Bonchev–Trinajstić information content (AvgIpc) is 3.04. The topological polar surface area (TPSA) is 86.2 Å². The Morgan fingerprint density at radius 2 is 1.95 bits per heavy atom. The molecule has 5 nitrogen and oxygen atoms in total. The molecule has 2 aromatic heterocycles. The van der Waals surface area contributed by atoms with Gasteiger partial charge in [-0.3, -0.25) is 0 Å². The molecule has 0 atom stereocenters. The predicted octanol–water partition coefficient (Wildman–Crippen LogP) is 3.33. The van der Waals surface area contributed by atoms with Gasteiger partial charge in [-0.25, -0.2) is 13.6 Å². The fourth-order valence-corrected chi connectivity index (χ4v) is 3.96. The molecule has 2 N–H and O–H groups in total. The van der Waals surface area contributed by atoms with E-state index in [1.165, 1.54) is 17.4 Å². The van der Waals surface area contributed by atoms with Gasteiger partial charge in [0.15, 0.2) is 0 Å². The standard InChI is InChI=1S/C15H14N2O3S2/c1-9-7-12(21-8-9)15-14(10(2)20-17-15)11-5-3-4-6-13(11)22(16,18)19/h3-8H,1-2H3,(H2,16,18,19). The zero-order chi connectivity index (χ0) is 15.9. The summed E-state index contributed by atoms with van der Waals surface area (Å²) in [4.78, 5) is 0.990. The molecule has 0 aliphatic rings. The number of hydrogen-bond donors (Lipinski definition) is 1. The monoisotopic (exact) mass is 334 g/mol. The van der Waals surface area contributed by atoms with Gasteiger partial charge >= 0.3 is 0 Å². The van der Waals surface area contributed by atoms with Crippen LogP contribution in [0, 0.1) is 13.8 Å². The minimum Gasteiger partial charge on any atom is -0.360 e. The van der Waals surface area contributed by atoms with E-state index in [0.717, 1.165) is 10.4 Å². The minimum atomic E-state index is -3.84. The van der Waals surface area contributed by atoms with E-state index in [9.17, 15) is 8.42 Å². The van der Waals surface area contributed by atoms with Crippen molar-refractivity contribution in [2.45, 2.75) is 18.7 Å². The molecular formula is C15H14N2O3S2. The van der Waals surface area contributed by atoms with Crippen LogP contribution in [-0.2, 0) is 10.0 Å². The van der Waals surface area contributed by atoms with Crippen molar-refractivity contribution in [3.8, 4) is 21.7 Å². The zero-order valence-electron chi connectivity index (χ0n) is 12.0. The Morgan fingerprint density at radius 3 is 2.59 bits per heavy atom. The lowest BCUT2D eigenvalue weighted by atomic mass is 10.0. The van der Waals surface area contributed by atoms with Crippen molar-refractivity contribution >= 4 is 21.4 Å². The Labute approximate surface area is 132 Å². The number of rotatable bonds is 3. The van der Waals surface area contributed by atoms with Crippen LogP contribution < -0.4 is 5.14 Å². The fourth-order valence-electron chi connectivity index (χ4n) is 2.33. The lowest BCUT2D eigenvalue weighted by Crippen LogP contribution is -2.13. The normalized spacial score (nSPS) is 11.8. The first-order chi connectivity index (χ1) is 10.4. The molecule has 0 spiro atoms. The second kappa shape index (κ2) is 5.35. The highest BCUT2D eigenvalue weighted by Gasteiger charge is 2.23. The maximum atomic E-state index is 11.8. The van der Waals surface area contributed by atoms with E-state index in [4.69, 9.17) is 9.66 Å². The van der Waals surface area contributed by atoms with Gasteiger partial charge in [0, 0.05) is 5.56 Å². The van der Waals surface area contributed by atoms with Gasteiger partial charge in [0.05, 0.1) is 15.3 Å². The van der Waals surface area contributed by atoms with Crippen molar-refractivity contribution in [3.63, 3.8) is 0 Å². The molecule has 0 aliphatic heterocycles. The van der Waals surface area contributed by atoms with Crippen LogP contribution in [-0.4, -0.2) is 13.6 Å². The summed E-state index contributed by atoms with van der Waals surface area (Å²) in [6.07, 6.45) is 0. The van der Waals surface area contributed by atoms with Crippen molar-refractivity contribution < 1.29 is 12.9 Å². The third-order valence-electron chi connectivity index (χ3n) is 3.29. The Kier molecular flexibility index (Phi) is 3.64. The van der Waals surface area contributed by atoms with Gasteiger partial charge in [-0.2, -0.15) is 0 Å². The Morgan fingerprint density at radius 1 is 1.23 bits per heavy atom. The number of sulfonamides is 1. The van der Waals surface area contributed by atoms with Gasteiger partial charge in [-0.15, -0.1) is 11.3 Å². The van der Waals surface area contributed by atoms with Crippen molar-refractivity contribution in [2.24, 2.45) is 5.14 Å². The maximum Gasteiger partial charge on any atom is 0.238 e. The highest BCUT2D eigenvalue weighted by molar-refractivity contribution is 7.89. The highest BCUT2D eigenvalue weighted by atomic mass is 32.2. The molecule has 0 saturated heterocycles. The van der Waals surface area contributed by atoms with Crippen LogP contribution in [0.25, 0.3) is 21.7 Å². The third-order valence-corrected chi connectivity index (χ3v) is 5.31. The van der Waals surface area contributed by atoms with Crippen molar-refractivity contribution in [1.82, 2.24) is 5.16 Å². The zero-order valence-corrected chi connectivity index (χ0v) is 13.7. The number of thiophene rings is 1. The average molecular weight is 334 g/mol. The molecule has 3 rings (SSSR count). The molecule has 7 heteroatoms. The summed E-state index contributed by atoms with van der Waals surface area (Å²) in [5, 5.41) is 11.4. The molecular weight excluding hydrogens is 320 g/mol. The summed E-state index contributed by atoms with van der Waals surface area (Å²) in [6, 6.07) is 8.59. The fraction of sp³-hybridized carbons (Fsp3) is 0.133. The molecule has 1 aromatic carbocycles. The lowest BCUT2D eigenvalue weighted by Gasteiger charge is -2.07. The number of primary sulfonamides is 1. The number of benzene rings is 1. The lowest BCUT2D eigenvalue weighted by molar-refractivity contribution is 0.400. The molecule has 0 radical (unpaired) electrons. The first kappa shape index (κ1) is 15.0. The molecule has 0 amide bonds. The Bertz CT molecular complexity index is 939. The molecule has 22 heavy (non-hydrogen) atoms. The molecule has 0 unspecified atom stereocenters. The minimum absolute atomic E-state index is 0.0656. The van der Waals surface area contributed by atoms with Gasteiger partial charge < -0.3 is 4.52 Å². The summed E-state index contributed by atoms with van der Waals surface area (Å²) in [5.41, 5.74) is 2.91. The van der Waals surface area contributed by atoms with Crippen molar-refractivity contribution in [1.29, 1.82) is 0 Å². The van der Waals surface area contributed by atoms with Crippen LogP contribution in [0.4, 0.5) is 0 Å². The number of aryl methyl sites for hydroxylation is 2. The van der Waals surface area contributed by atoms with Gasteiger partial charge in [0.25, 0.3) is 0 Å². The summed E-state index contributed by atoms with van der Waals surface area (Å²) in [6.45, 7) is 3.75. The van der Waals surface area contributed by atoms with E-state index >= 15 is 0 Å². The Hall–Kier alpha value is -1.96. The van der Waals surface area contributed by atoms with Gasteiger partial charge in [0.1, 0.15) is 11.5 Å². The summed E-state index contributed by atoms with van der Waals surface area (Å²) in [5.74, 6) is 0.553. The van der Waals surface area contributed by atoms with Crippen LogP contribution in [0.15, 0.2) is 45.1 Å². The van der Waals surface area contributed by atoms with Crippen LogP contribution >= 0.6 is 11.3 Å². The van der Waals surface area contributed by atoms with Gasteiger partial charge in [-0.1, -0.05) is 23.4 Å². The van der Waals surface area contributed by atoms with E-state index in [1.807, 2.05) is 18.4 Å². The second-order valence-electron chi connectivity index (χ2n) is 4.99. The van der Waals surface area contributed by atoms with Crippen molar-refractivity contribution in [3.05, 3.63) is 47.0 Å². The molecule has 3 aromatic rings. The van der Waals surface area contributed by atoms with Crippen LogP contribution in [0.1, 0.15) is 11.3 Å². The SMILES string of the molecule is Cc1csc(-c2noc(C)c2-c2ccccc2S(N)(=O)=O)c1. The molecule has 0 fully saturated rings. The Balaban J connectivity index is 2.29. The van der Waals surface area contributed by atoms with E-state index < -0.39 is 10.0 Å².